The minimum Gasteiger partial charge on any atom is -0.391 e. The second-order valence-corrected chi connectivity index (χ2v) is 2.49. The largest absolute Gasteiger partial charge is 0.391 e. The Balaban J connectivity index is 0. The smallest absolute Gasteiger partial charge is 0.151 e. The highest BCUT2D eigenvalue weighted by atomic mass is 16.4. The molecule has 0 amide bonds. The minimum absolute atomic E-state index is 0.0935. The summed E-state index contributed by atoms with van der Waals surface area (Å²) in [7, 11) is 0. The lowest BCUT2D eigenvalue weighted by molar-refractivity contribution is -0.132. The average Bonchev–Trinajstić information content (AvgIpc) is 2.15. The number of aldehydes is 1. The molecule has 6 heteroatoms. The summed E-state index contributed by atoms with van der Waals surface area (Å²) >= 11 is 0. The molecule has 0 rings (SSSR count). The third kappa shape index (κ3) is 6.47. The van der Waals surface area contributed by atoms with Crippen LogP contribution >= 0.6 is 0 Å². The molecule has 0 saturated heterocycles. The van der Waals surface area contributed by atoms with Crippen LogP contribution in [0.4, 0.5) is 0 Å². The standard InChI is InChI=1S/C6H12O5.C2H2O/c1-3(8)5(10)6(11)4(9)2-7;1-2-3/h2-6,8-11H,1H3;1H2. The Morgan fingerprint density at radius 1 is 1.21 bits per heavy atom. The Hall–Kier alpha value is -1.04. The van der Waals surface area contributed by atoms with Gasteiger partial charge in [-0.15, -0.1) is 0 Å². The summed E-state index contributed by atoms with van der Waals surface area (Å²) in [5.41, 5.74) is 0. The molecule has 6 nitrogen and oxygen atoms in total. The van der Waals surface area contributed by atoms with Gasteiger partial charge in [0.05, 0.1) is 6.10 Å². The molecule has 82 valence electrons. The van der Waals surface area contributed by atoms with Crippen LogP contribution in [0.15, 0.2) is 6.58 Å². The van der Waals surface area contributed by atoms with Gasteiger partial charge in [-0.25, -0.2) is 4.79 Å². The Bertz CT molecular complexity index is 184. The van der Waals surface area contributed by atoms with Crippen LogP contribution in [0.5, 0.6) is 0 Å². The molecule has 4 atom stereocenters. The van der Waals surface area contributed by atoms with Gasteiger partial charge in [0.1, 0.15) is 24.3 Å². The van der Waals surface area contributed by atoms with Gasteiger partial charge in [-0.05, 0) is 13.5 Å². The molecule has 0 aliphatic heterocycles. The zero-order chi connectivity index (χ0) is 11.7. The Kier molecular flexibility index (Phi) is 9.43. The van der Waals surface area contributed by atoms with Crippen molar-refractivity contribution in [3.05, 3.63) is 6.58 Å². The van der Waals surface area contributed by atoms with E-state index in [0.717, 1.165) is 0 Å². The van der Waals surface area contributed by atoms with Crippen molar-refractivity contribution in [3.8, 4) is 0 Å². The third-order valence-corrected chi connectivity index (χ3v) is 1.33. The lowest BCUT2D eigenvalue weighted by atomic mass is 10.1. The molecule has 4 N–H and O–H groups in total. The second kappa shape index (κ2) is 8.55. The first-order valence-electron chi connectivity index (χ1n) is 3.74. The molecule has 0 spiro atoms. The Morgan fingerprint density at radius 2 is 1.57 bits per heavy atom. The van der Waals surface area contributed by atoms with Crippen LogP contribution < -0.4 is 0 Å². The number of aliphatic hydroxyl groups is 4. The molecule has 14 heavy (non-hydrogen) atoms. The average molecular weight is 206 g/mol. The molecular weight excluding hydrogens is 192 g/mol. The van der Waals surface area contributed by atoms with E-state index in [9.17, 15) is 4.79 Å². The number of aliphatic hydroxyl groups excluding tert-OH is 4. The normalized spacial score (nSPS) is 17.8. The maximum Gasteiger partial charge on any atom is 0.151 e. The van der Waals surface area contributed by atoms with E-state index in [4.69, 9.17) is 25.2 Å². The van der Waals surface area contributed by atoms with Gasteiger partial charge < -0.3 is 25.2 Å². The quantitative estimate of drug-likeness (QED) is 0.302. The van der Waals surface area contributed by atoms with Crippen LogP contribution in [-0.4, -0.2) is 57.1 Å². The maximum atomic E-state index is 9.87. The zero-order valence-electron chi connectivity index (χ0n) is 7.70. The summed E-state index contributed by atoms with van der Waals surface area (Å²) in [5, 5.41) is 35.1. The lowest BCUT2D eigenvalue weighted by Crippen LogP contribution is -2.43. The van der Waals surface area contributed by atoms with Gasteiger partial charge in [-0.1, -0.05) is 0 Å². The first kappa shape index (κ1) is 15.4. The van der Waals surface area contributed by atoms with Crippen molar-refractivity contribution in [1.29, 1.82) is 0 Å². The van der Waals surface area contributed by atoms with Crippen LogP contribution in [-0.2, 0) is 9.59 Å². The topological polar surface area (TPSA) is 115 Å². The molecule has 0 aromatic carbocycles. The fourth-order valence-electron chi connectivity index (χ4n) is 0.568. The molecule has 0 radical (unpaired) electrons. The number of carbonyl (C=O) groups is 1. The summed E-state index contributed by atoms with van der Waals surface area (Å²) in [5.74, 6) is 1.25. The fraction of sp³-hybridized carbons (Fsp3) is 0.625. The number of carbonyl (C=O) groups excluding carboxylic acids is 2. The van der Waals surface area contributed by atoms with Gasteiger partial charge in [-0.3, -0.25) is 0 Å². The third-order valence-electron chi connectivity index (χ3n) is 1.33. The Labute approximate surface area is 81.1 Å². The van der Waals surface area contributed by atoms with Gasteiger partial charge in [0, 0.05) is 0 Å². The molecule has 0 aliphatic carbocycles. The molecule has 0 bridgehead atoms. The molecule has 0 heterocycles. The van der Waals surface area contributed by atoms with Gasteiger partial charge in [0.15, 0.2) is 6.29 Å². The van der Waals surface area contributed by atoms with Crippen molar-refractivity contribution in [2.24, 2.45) is 0 Å². The molecule has 0 aromatic heterocycles. The van der Waals surface area contributed by atoms with Gasteiger partial charge >= 0.3 is 0 Å². The number of hydrogen-bond donors (Lipinski definition) is 4. The van der Waals surface area contributed by atoms with E-state index in [1.807, 2.05) is 0 Å². The predicted molar refractivity (Wildman–Crippen MR) is 47.1 cm³/mol. The van der Waals surface area contributed by atoms with Crippen molar-refractivity contribution in [2.75, 3.05) is 0 Å². The summed E-state index contributed by atoms with van der Waals surface area (Å²) < 4.78 is 0. The highest BCUT2D eigenvalue weighted by Crippen LogP contribution is 2.02. The van der Waals surface area contributed by atoms with E-state index in [1.165, 1.54) is 12.9 Å². The molecule has 0 saturated carbocycles. The van der Waals surface area contributed by atoms with Gasteiger partial charge in [0.2, 0.25) is 0 Å². The molecule has 0 aromatic rings. The van der Waals surface area contributed by atoms with Gasteiger partial charge in [-0.2, -0.15) is 0 Å². The summed E-state index contributed by atoms with van der Waals surface area (Å²) in [6.07, 6.45) is -5.88. The van der Waals surface area contributed by atoms with Crippen LogP contribution in [0.25, 0.3) is 0 Å². The van der Waals surface area contributed by atoms with Crippen molar-refractivity contribution in [1.82, 2.24) is 0 Å². The van der Waals surface area contributed by atoms with E-state index in [1.54, 1.807) is 0 Å². The molecule has 0 aliphatic rings. The number of rotatable bonds is 4. The second-order valence-electron chi connectivity index (χ2n) is 2.49. The van der Waals surface area contributed by atoms with E-state index in [-0.39, 0.29) is 6.29 Å². The van der Waals surface area contributed by atoms with Crippen molar-refractivity contribution in [3.63, 3.8) is 0 Å². The van der Waals surface area contributed by atoms with Crippen molar-refractivity contribution in [2.45, 2.75) is 31.3 Å². The molecule has 4 unspecified atom stereocenters. The lowest BCUT2D eigenvalue weighted by Gasteiger charge is -2.21. The van der Waals surface area contributed by atoms with Crippen LogP contribution in [0.3, 0.4) is 0 Å². The number of hydrogen-bond acceptors (Lipinski definition) is 6. The van der Waals surface area contributed by atoms with Crippen molar-refractivity contribution < 1.29 is 30.0 Å². The first-order chi connectivity index (χ1) is 6.42. The van der Waals surface area contributed by atoms with E-state index in [2.05, 4.69) is 6.58 Å². The van der Waals surface area contributed by atoms with E-state index < -0.39 is 24.4 Å². The zero-order valence-corrected chi connectivity index (χ0v) is 7.70. The fourth-order valence-corrected chi connectivity index (χ4v) is 0.568. The first-order valence-corrected chi connectivity index (χ1v) is 3.74. The predicted octanol–water partition coefficient (Wildman–Crippen LogP) is -2.35. The maximum absolute atomic E-state index is 9.87. The van der Waals surface area contributed by atoms with Crippen LogP contribution in [0.2, 0.25) is 0 Å². The van der Waals surface area contributed by atoms with E-state index >= 15 is 0 Å². The van der Waals surface area contributed by atoms with E-state index in [0.29, 0.717) is 0 Å². The van der Waals surface area contributed by atoms with Crippen LogP contribution in [0.1, 0.15) is 6.92 Å². The minimum atomic E-state index is -1.65. The highest BCUT2D eigenvalue weighted by molar-refractivity contribution is 5.56. The summed E-state index contributed by atoms with van der Waals surface area (Å²) in [6.45, 7) is 3.92. The summed E-state index contributed by atoms with van der Waals surface area (Å²) in [6, 6.07) is 0. The SMILES string of the molecule is C=C=O.CC(O)C(O)C(O)C(O)C=O. The highest BCUT2D eigenvalue weighted by Gasteiger charge is 2.27. The monoisotopic (exact) mass is 206 g/mol. The van der Waals surface area contributed by atoms with Crippen LogP contribution in [0, 0.1) is 0 Å². The Morgan fingerprint density at radius 3 is 1.79 bits per heavy atom. The van der Waals surface area contributed by atoms with Crippen molar-refractivity contribution >= 4 is 12.2 Å². The molecular formula is C8H14O6. The van der Waals surface area contributed by atoms with Gasteiger partial charge in [0.25, 0.3) is 0 Å². The molecule has 0 fully saturated rings. The summed E-state index contributed by atoms with van der Waals surface area (Å²) in [4.78, 5) is 18.4.